The van der Waals surface area contributed by atoms with Crippen molar-refractivity contribution in [3.05, 3.63) is 41.5 Å². The van der Waals surface area contributed by atoms with E-state index in [0.717, 1.165) is 5.56 Å². The molecule has 0 aliphatic carbocycles. The molecule has 0 aromatic heterocycles. The predicted molar refractivity (Wildman–Crippen MR) is 66.7 cm³/mol. The molecule has 0 atom stereocenters. The normalized spacial score (nSPS) is 9.62. The zero-order valence-corrected chi connectivity index (χ0v) is 9.58. The molecule has 0 saturated heterocycles. The van der Waals surface area contributed by atoms with Gasteiger partial charge in [-0.3, -0.25) is 4.79 Å². The number of hydrogen-bond donors (Lipinski definition) is 1. The Labute approximate surface area is 96.4 Å². The molecule has 0 heterocycles. The highest BCUT2D eigenvalue weighted by Gasteiger charge is 1.92. The Morgan fingerprint density at radius 1 is 1.38 bits per heavy atom. The number of benzene rings is 1. The predicted octanol–water partition coefficient (Wildman–Crippen LogP) is 2.15. The molecule has 1 amide bonds. The molecule has 0 bridgehead atoms. The van der Waals surface area contributed by atoms with E-state index in [-0.39, 0.29) is 5.91 Å². The van der Waals surface area contributed by atoms with E-state index in [9.17, 15) is 4.79 Å². The van der Waals surface area contributed by atoms with Crippen LogP contribution in [0.2, 0.25) is 0 Å². The van der Waals surface area contributed by atoms with Crippen molar-refractivity contribution in [2.24, 2.45) is 0 Å². The molecule has 2 nitrogen and oxygen atoms in total. The Hall–Kier alpha value is -2.01. The van der Waals surface area contributed by atoms with Crippen molar-refractivity contribution in [2.75, 3.05) is 6.54 Å². The maximum Gasteiger partial charge on any atom is 0.244 e. The average Bonchev–Trinajstić information content (AvgIpc) is 2.29. The summed E-state index contributed by atoms with van der Waals surface area (Å²) >= 11 is 0. The summed E-state index contributed by atoms with van der Waals surface area (Å²) in [5, 5.41) is 2.67. The van der Waals surface area contributed by atoms with Gasteiger partial charge in [0.2, 0.25) is 5.91 Å². The highest BCUT2D eigenvalue weighted by molar-refractivity contribution is 5.91. The molecule has 0 unspecified atom stereocenters. The summed E-state index contributed by atoms with van der Waals surface area (Å²) < 4.78 is 0. The van der Waals surface area contributed by atoms with Gasteiger partial charge in [-0.2, -0.15) is 0 Å². The molecule has 1 N–H and O–H groups in total. The van der Waals surface area contributed by atoms with Crippen molar-refractivity contribution >= 4 is 12.0 Å². The van der Waals surface area contributed by atoms with Crippen LogP contribution >= 0.6 is 0 Å². The van der Waals surface area contributed by atoms with Gasteiger partial charge < -0.3 is 5.32 Å². The van der Waals surface area contributed by atoms with Gasteiger partial charge in [0.05, 0.1) is 6.54 Å². The van der Waals surface area contributed by atoms with E-state index in [1.165, 1.54) is 11.6 Å². The van der Waals surface area contributed by atoms with Gasteiger partial charge in [0.1, 0.15) is 0 Å². The third kappa shape index (κ3) is 4.47. The van der Waals surface area contributed by atoms with Gasteiger partial charge in [-0.25, -0.2) is 0 Å². The molecule has 0 aliphatic rings. The van der Waals surface area contributed by atoms with Gasteiger partial charge >= 0.3 is 0 Å². The topological polar surface area (TPSA) is 29.1 Å². The summed E-state index contributed by atoms with van der Waals surface area (Å²) in [5.74, 6) is 5.36. The molecule has 1 aromatic rings. The summed E-state index contributed by atoms with van der Waals surface area (Å²) in [4.78, 5) is 11.3. The Bertz CT molecular complexity index is 432. The van der Waals surface area contributed by atoms with Gasteiger partial charge in [0, 0.05) is 6.08 Å². The van der Waals surface area contributed by atoms with E-state index in [1.807, 2.05) is 31.2 Å². The molecule has 0 fully saturated rings. The summed E-state index contributed by atoms with van der Waals surface area (Å²) in [7, 11) is 0. The number of rotatable bonds is 3. The molecule has 0 aliphatic heterocycles. The lowest BCUT2D eigenvalue weighted by Crippen LogP contribution is -2.20. The Morgan fingerprint density at radius 2 is 2.06 bits per heavy atom. The Kier molecular flexibility index (Phi) is 4.88. The molecular formula is C14H15NO. The first-order valence-corrected chi connectivity index (χ1v) is 5.14. The lowest BCUT2D eigenvalue weighted by atomic mass is 10.1. The molecule has 1 rings (SSSR count). The van der Waals surface area contributed by atoms with Crippen LogP contribution in [0.15, 0.2) is 30.3 Å². The minimum atomic E-state index is -0.122. The lowest BCUT2D eigenvalue weighted by Gasteiger charge is -1.96. The molecule has 16 heavy (non-hydrogen) atoms. The minimum absolute atomic E-state index is 0.122. The van der Waals surface area contributed by atoms with Crippen LogP contribution in [0.1, 0.15) is 18.1 Å². The van der Waals surface area contributed by atoms with Gasteiger partial charge in [-0.15, -0.1) is 5.92 Å². The number of carbonyl (C=O) groups is 1. The van der Waals surface area contributed by atoms with Crippen LogP contribution < -0.4 is 5.32 Å². The van der Waals surface area contributed by atoms with Crippen LogP contribution in [0.3, 0.4) is 0 Å². The second-order valence-corrected chi connectivity index (χ2v) is 3.39. The highest BCUT2D eigenvalue weighted by Crippen LogP contribution is 2.04. The zero-order chi connectivity index (χ0) is 11.8. The van der Waals surface area contributed by atoms with Crippen molar-refractivity contribution in [2.45, 2.75) is 13.8 Å². The molecule has 2 heteroatoms. The van der Waals surface area contributed by atoms with Crippen molar-refractivity contribution < 1.29 is 4.79 Å². The maximum atomic E-state index is 11.3. The summed E-state index contributed by atoms with van der Waals surface area (Å²) in [6, 6.07) is 7.98. The lowest BCUT2D eigenvalue weighted by molar-refractivity contribution is -0.116. The zero-order valence-electron chi connectivity index (χ0n) is 9.58. The van der Waals surface area contributed by atoms with Crippen LogP contribution in [-0.2, 0) is 4.79 Å². The number of carbonyl (C=O) groups excluding carboxylic acids is 1. The van der Waals surface area contributed by atoms with Crippen molar-refractivity contribution in [3.63, 3.8) is 0 Å². The third-order valence-corrected chi connectivity index (χ3v) is 2.03. The summed E-state index contributed by atoms with van der Waals surface area (Å²) in [6.07, 6.45) is 3.30. The van der Waals surface area contributed by atoms with Gasteiger partial charge in [0.25, 0.3) is 0 Å². The van der Waals surface area contributed by atoms with Gasteiger partial charge in [0.15, 0.2) is 0 Å². The fourth-order valence-electron chi connectivity index (χ4n) is 1.13. The number of amides is 1. The molecule has 0 saturated carbocycles. The van der Waals surface area contributed by atoms with Crippen molar-refractivity contribution in [3.8, 4) is 11.8 Å². The molecule has 82 valence electrons. The van der Waals surface area contributed by atoms with Crippen LogP contribution in [0.5, 0.6) is 0 Å². The summed E-state index contributed by atoms with van der Waals surface area (Å²) in [6.45, 7) is 4.17. The third-order valence-electron chi connectivity index (χ3n) is 2.03. The van der Waals surface area contributed by atoms with E-state index in [2.05, 4.69) is 17.2 Å². The average molecular weight is 213 g/mol. The van der Waals surface area contributed by atoms with Gasteiger partial charge in [-0.1, -0.05) is 35.7 Å². The van der Waals surface area contributed by atoms with E-state index in [1.54, 1.807) is 13.0 Å². The van der Waals surface area contributed by atoms with Crippen molar-refractivity contribution in [1.82, 2.24) is 5.32 Å². The van der Waals surface area contributed by atoms with Crippen LogP contribution in [0.4, 0.5) is 0 Å². The van der Waals surface area contributed by atoms with Crippen molar-refractivity contribution in [1.29, 1.82) is 0 Å². The van der Waals surface area contributed by atoms with Crippen LogP contribution in [0, 0.1) is 18.8 Å². The molecular weight excluding hydrogens is 198 g/mol. The molecule has 1 aromatic carbocycles. The highest BCUT2D eigenvalue weighted by atomic mass is 16.1. The first kappa shape index (κ1) is 12.1. The van der Waals surface area contributed by atoms with E-state index < -0.39 is 0 Å². The Balaban J connectivity index is 2.49. The second-order valence-electron chi connectivity index (χ2n) is 3.39. The Morgan fingerprint density at radius 3 is 2.69 bits per heavy atom. The fraction of sp³-hybridized carbons (Fsp3) is 0.214. The van der Waals surface area contributed by atoms with Gasteiger partial charge in [-0.05, 0) is 25.5 Å². The van der Waals surface area contributed by atoms with E-state index >= 15 is 0 Å². The number of aryl methyl sites for hydroxylation is 1. The largest absolute Gasteiger partial charge is 0.342 e. The van der Waals surface area contributed by atoms with Crippen LogP contribution in [-0.4, -0.2) is 12.5 Å². The number of hydrogen-bond acceptors (Lipinski definition) is 1. The monoisotopic (exact) mass is 213 g/mol. The fourth-order valence-corrected chi connectivity index (χ4v) is 1.13. The minimum Gasteiger partial charge on any atom is -0.342 e. The van der Waals surface area contributed by atoms with Crippen LogP contribution in [0.25, 0.3) is 6.08 Å². The second kappa shape index (κ2) is 6.47. The van der Waals surface area contributed by atoms with E-state index in [4.69, 9.17) is 0 Å². The SMILES string of the molecule is CC#CCNC(=O)/C=C/c1ccc(C)cc1. The van der Waals surface area contributed by atoms with E-state index in [0.29, 0.717) is 6.54 Å². The molecule has 0 radical (unpaired) electrons. The maximum absolute atomic E-state index is 11.3. The quantitative estimate of drug-likeness (QED) is 0.605. The smallest absolute Gasteiger partial charge is 0.244 e. The standard InChI is InChI=1S/C14H15NO/c1-3-4-11-15-14(16)10-9-13-7-5-12(2)6-8-13/h5-10H,11H2,1-2H3,(H,15,16)/b10-9+. The first-order chi connectivity index (χ1) is 7.72. The number of nitrogens with one attached hydrogen (secondary N) is 1. The molecule has 0 spiro atoms. The first-order valence-electron chi connectivity index (χ1n) is 5.14. The summed E-state index contributed by atoms with van der Waals surface area (Å²) in [5.41, 5.74) is 2.22.